The predicted molar refractivity (Wildman–Crippen MR) is 37.6 cm³/mol. The smallest absolute Gasteiger partial charge is 1.00 e. The summed E-state index contributed by atoms with van der Waals surface area (Å²) in [6.45, 7) is 1.56. The molecule has 2 heteroatoms. The molecule has 0 heterocycles. The lowest BCUT2D eigenvalue weighted by Crippen LogP contribution is -3.00. The first-order valence-electron chi connectivity index (χ1n) is 2.86. The average Bonchev–Trinajstić information content (AvgIpc) is 1.90. The highest BCUT2D eigenvalue weighted by atomic mass is 19.0. The van der Waals surface area contributed by atoms with Gasteiger partial charge in [-0.2, -0.15) is 0 Å². The van der Waals surface area contributed by atoms with Crippen LogP contribution < -0.4 is 4.70 Å². The van der Waals surface area contributed by atoms with E-state index in [0.29, 0.717) is 0 Å². The molecule has 0 spiro atoms. The second-order valence-corrected chi connectivity index (χ2v) is 1.92. The highest BCUT2D eigenvalue weighted by Gasteiger charge is 1.92. The lowest BCUT2D eigenvalue weighted by Gasteiger charge is -1.89. The van der Waals surface area contributed by atoms with Crippen molar-refractivity contribution in [1.82, 2.24) is 0 Å². The van der Waals surface area contributed by atoms with Gasteiger partial charge in [0.15, 0.2) is 5.78 Å². The van der Waals surface area contributed by atoms with Crippen molar-refractivity contribution in [1.29, 1.82) is 0 Å². The summed E-state index contributed by atoms with van der Waals surface area (Å²) < 4.78 is 0. The largest absolute Gasteiger partial charge is 1.00 e. The number of Topliss-reactive ketones (excluding diaryl/α,β-unsaturated/α-hetero) is 1. The molecule has 0 saturated carbocycles. The molecule has 0 radical (unpaired) electrons. The average molecular weight is 140 g/mol. The fraction of sp³-hybridized carbons (Fsp3) is 0.125. The van der Waals surface area contributed by atoms with Gasteiger partial charge < -0.3 is 4.70 Å². The molecule has 0 fully saturated rings. The van der Waals surface area contributed by atoms with E-state index in [-0.39, 0.29) is 11.9 Å². The predicted octanol–water partition coefficient (Wildman–Crippen LogP) is -0.994. The van der Waals surface area contributed by atoms with E-state index in [0.717, 1.165) is 5.56 Å². The van der Waals surface area contributed by atoms with E-state index >= 15 is 0 Å². The Labute approximate surface area is 60.5 Å². The molecule has 0 amide bonds. The molecule has 0 aliphatic carbocycles. The molecule has 0 bridgehead atoms. The third kappa shape index (κ3) is 1.97. The minimum Gasteiger partial charge on any atom is -1.00 e. The summed E-state index contributed by atoms with van der Waals surface area (Å²) in [6, 6.07) is 9.23. The number of benzene rings is 1. The first-order valence-corrected chi connectivity index (χ1v) is 2.86. The van der Waals surface area contributed by atoms with E-state index in [2.05, 4.69) is 0 Å². The standard InChI is InChI=1S/C8H8O.FH/c1-7(9)8-5-3-2-4-6-8;/h2-6H,1H3;1H. The van der Waals surface area contributed by atoms with Gasteiger partial charge in [0.2, 0.25) is 0 Å². The van der Waals surface area contributed by atoms with Crippen molar-refractivity contribution < 1.29 is 10.9 Å². The van der Waals surface area contributed by atoms with Crippen LogP contribution >= 0.6 is 0 Å². The fourth-order valence-corrected chi connectivity index (χ4v) is 0.673. The monoisotopic (exact) mass is 140 g/mol. The lowest BCUT2D eigenvalue weighted by atomic mass is 10.2. The molecule has 1 aromatic rings. The van der Waals surface area contributed by atoms with Crippen LogP contribution in [-0.4, -0.2) is 5.78 Å². The zero-order valence-corrected chi connectivity index (χ0v) is 5.67. The molecule has 0 aliphatic heterocycles. The van der Waals surface area contributed by atoms with Gasteiger partial charge >= 0.3 is 1.43 Å². The number of rotatable bonds is 1. The van der Waals surface area contributed by atoms with Crippen molar-refractivity contribution in [3.05, 3.63) is 35.9 Å². The molecule has 10 heavy (non-hydrogen) atoms. The maximum atomic E-state index is 10.6. The van der Waals surface area contributed by atoms with Crippen LogP contribution in [-0.2, 0) is 0 Å². The first kappa shape index (κ1) is 8.82. The summed E-state index contributed by atoms with van der Waals surface area (Å²) in [6.07, 6.45) is 0. The molecule has 1 aromatic carbocycles. The SMILES string of the molecule is CC(=O)c1ccccc1.[F-].[H+]. The van der Waals surface area contributed by atoms with Crippen LogP contribution in [0, 0.1) is 0 Å². The zero-order valence-electron chi connectivity index (χ0n) is 6.67. The maximum absolute atomic E-state index is 10.6. The molecule has 0 saturated heterocycles. The van der Waals surface area contributed by atoms with Gasteiger partial charge in [-0.25, -0.2) is 0 Å². The molecule has 0 atom stereocenters. The number of hydrogen-bond acceptors (Lipinski definition) is 1. The topological polar surface area (TPSA) is 17.1 Å². The number of carbonyl (C=O) groups is 1. The van der Waals surface area contributed by atoms with Crippen molar-refractivity contribution in [2.75, 3.05) is 0 Å². The minimum atomic E-state index is 0. The van der Waals surface area contributed by atoms with E-state index in [9.17, 15) is 4.79 Å². The van der Waals surface area contributed by atoms with E-state index in [4.69, 9.17) is 0 Å². The molecule has 0 unspecified atom stereocenters. The van der Waals surface area contributed by atoms with Crippen LogP contribution in [0.4, 0.5) is 0 Å². The van der Waals surface area contributed by atoms with Crippen molar-refractivity contribution >= 4 is 5.78 Å². The Morgan fingerprint density at radius 3 is 2.10 bits per heavy atom. The van der Waals surface area contributed by atoms with Gasteiger partial charge in [0, 0.05) is 5.56 Å². The Morgan fingerprint density at radius 1 is 1.30 bits per heavy atom. The molecular weight excluding hydrogens is 131 g/mol. The van der Waals surface area contributed by atoms with Crippen LogP contribution in [0.2, 0.25) is 0 Å². The summed E-state index contributed by atoms with van der Waals surface area (Å²) in [5, 5.41) is 0. The number of carbonyl (C=O) groups excluding carboxylic acids is 1. The second-order valence-electron chi connectivity index (χ2n) is 1.92. The lowest BCUT2D eigenvalue weighted by molar-refractivity contribution is -0.00000989. The maximum Gasteiger partial charge on any atom is 1.00 e. The molecule has 0 N–H and O–H groups in total. The van der Waals surface area contributed by atoms with Gasteiger partial charge in [-0.15, -0.1) is 0 Å². The number of halogens is 1. The van der Waals surface area contributed by atoms with Crippen LogP contribution in [0.15, 0.2) is 30.3 Å². The molecule has 54 valence electrons. The van der Waals surface area contributed by atoms with Crippen molar-refractivity contribution in [2.24, 2.45) is 0 Å². The van der Waals surface area contributed by atoms with Gasteiger partial charge in [-0.3, -0.25) is 4.79 Å². The van der Waals surface area contributed by atoms with Gasteiger partial charge in [0.05, 0.1) is 0 Å². The van der Waals surface area contributed by atoms with Crippen LogP contribution in [0.25, 0.3) is 0 Å². The fourth-order valence-electron chi connectivity index (χ4n) is 0.673. The Kier molecular flexibility index (Phi) is 3.33. The van der Waals surface area contributed by atoms with E-state index in [1.54, 1.807) is 6.92 Å². The minimum absolute atomic E-state index is 0. The third-order valence-electron chi connectivity index (χ3n) is 1.18. The molecule has 1 nitrogen and oxygen atoms in total. The van der Waals surface area contributed by atoms with Crippen molar-refractivity contribution in [3.63, 3.8) is 0 Å². The van der Waals surface area contributed by atoms with E-state index in [1.807, 2.05) is 30.3 Å². The number of hydrogen-bond donors (Lipinski definition) is 0. The Morgan fingerprint density at radius 2 is 1.80 bits per heavy atom. The second kappa shape index (κ2) is 3.77. The zero-order chi connectivity index (χ0) is 6.69. The molecule has 0 aromatic heterocycles. The Bertz CT molecular complexity index is 211. The number of ketones is 1. The molecule has 0 aliphatic rings. The van der Waals surface area contributed by atoms with Gasteiger partial charge in [-0.1, -0.05) is 30.3 Å². The van der Waals surface area contributed by atoms with E-state index < -0.39 is 0 Å². The Hall–Kier alpha value is -1.18. The van der Waals surface area contributed by atoms with Gasteiger partial charge in [0.25, 0.3) is 0 Å². The third-order valence-corrected chi connectivity index (χ3v) is 1.18. The molecular formula is C8H9FO. The summed E-state index contributed by atoms with van der Waals surface area (Å²) in [7, 11) is 0. The molecule has 1 rings (SSSR count). The van der Waals surface area contributed by atoms with Gasteiger partial charge in [0.1, 0.15) is 0 Å². The first-order chi connectivity index (χ1) is 4.30. The Balaban J connectivity index is 0. The summed E-state index contributed by atoms with van der Waals surface area (Å²) in [4.78, 5) is 10.6. The van der Waals surface area contributed by atoms with Crippen molar-refractivity contribution in [2.45, 2.75) is 6.92 Å². The quantitative estimate of drug-likeness (QED) is 0.457. The normalized spacial score (nSPS) is 8.10. The van der Waals surface area contributed by atoms with E-state index in [1.165, 1.54) is 0 Å². The van der Waals surface area contributed by atoms with Crippen molar-refractivity contribution in [3.8, 4) is 0 Å². The van der Waals surface area contributed by atoms with Gasteiger partial charge in [-0.05, 0) is 6.92 Å². The van der Waals surface area contributed by atoms with Crippen LogP contribution in [0.1, 0.15) is 18.7 Å². The van der Waals surface area contributed by atoms with Crippen LogP contribution in [0.3, 0.4) is 0 Å². The summed E-state index contributed by atoms with van der Waals surface area (Å²) in [5.74, 6) is 0.121. The summed E-state index contributed by atoms with van der Waals surface area (Å²) in [5.41, 5.74) is 0.775. The highest BCUT2D eigenvalue weighted by Crippen LogP contribution is 1.97. The summed E-state index contributed by atoms with van der Waals surface area (Å²) >= 11 is 0. The van der Waals surface area contributed by atoms with Crippen LogP contribution in [0.5, 0.6) is 0 Å². The highest BCUT2D eigenvalue weighted by molar-refractivity contribution is 5.93.